The molecule has 0 bridgehead atoms. The lowest BCUT2D eigenvalue weighted by Crippen LogP contribution is -2.04. The number of hydrogen-bond donors (Lipinski definition) is 0. The fourth-order valence-electron chi connectivity index (χ4n) is 8.93. The third kappa shape index (κ3) is 5.43. The molecule has 0 spiro atoms. The molecule has 0 aliphatic carbocycles. The Morgan fingerprint density at radius 1 is 0.377 bits per heavy atom. The molecule has 0 radical (unpaired) electrons. The summed E-state index contributed by atoms with van der Waals surface area (Å²) in [6, 6.07) is 66.4. The van der Waals surface area contributed by atoms with Crippen LogP contribution in [0.15, 0.2) is 186 Å². The normalized spacial score (nSPS) is 11.6. The lowest BCUT2D eigenvalue weighted by atomic mass is 10.0. The van der Waals surface area contributed by atoms with Crippen molar-refractivity contribution in [2.75, 3.05) is 0 Å². The Labute approximate surface area is 348 Å². The van der Waals surface area contributed by atoms with E-state index in [2.05, 4.69) is 130 Å². The van der Waals surface area contributed by atoms with Gasteiger partial charge >= 0.3 is 0 Å². The predicted octanol–water partition coefficient (Wildman–Crippen LogP) is 13.3. The van der Waals surface area contributed by atoms with Gasteiger partial charge in [0.05, 0.1) is 56.7 Å². The molecule has 0 N–H and O–H groups in total. The molecule has 4 aromatic heterocycles. The van der Waals surface area contributed by atoms with Crippen molar-refractivity contribution >= 4 is 65.6 Å². The predicted molar refractivity (Wildman–Crippen MR) is 244 cm³/mol. The van der Waals surface area contributed by atoms with E-state index >= 15 is 0 Å². The van der Waals surface area contributed by atoms with Gasteiger partial charge in [0.25, 0.3) is 0 Å². The molecule has 12 rings (SSSR count). The summed E-state index contributed by atoms with van der Waals surface area (Å²) in [5.41, 5.74) is 13.4. The van der Waals surface area contributed by atoms with E-state index in [1.54, 1.807) is 6.07 Å². The summed E-state index contributed by atoms with van der Waals surface area (Å²) in [5, 5.41) is 25.6. The van der Waals surface area contributed by atoms with Gasteiger partial charge in [0.2, 0.25) is 5.95 Å². The summed E-state index contributed by atoms with van der Waals surface area (Å²) in [6.45, 7) is 0. The first-order chi connectivity index (χ1) is 30.1. The van der Waals surface area contributed by atoms with Crippen LogP contribution in [0.25, 0.3) is 111 Å². The zero-order valence-electron chi connectivity index (χ0n) is 32.4. The van der Waals surface area contributed by atoms with Crippen LogP contribution >= 0.6 is 0 Å². The van der Waals surface area contributed by atoms with Gasteiger partial charge in [-0.1, -0.05) is 84.9 Å². The maximum atomic E-state index is 9.67. The number of benzene rings is 8. The van der Waals surface area contributed by atoms with Crippen LogP contribution in [-0.4, -0.2) is 19.1 Å². The van der Waals surface area contributed by atoms with Crippen molar-refractivity contribution in [3.8, 4) is 57.4 Å². The molecule has 0 saturated heterocycles. The molecule has 61 heavy (non-hydrogen) atoms. The third-order valence-electron chi connectivity index (χ3n) is 11.8. The number of rotatable bonds is 5. The summed E-state index contributed by atoms with van der Waals surface area (Å²) in [4.78, 5) is 10.6. The van der Waals surface area contributed by atoms with Crippen LogP contribution in [0.2, 0.25) is 0 Å². The molecule has 282 valence electrons. The minimum Gasteiger partial charge on any atom is -0.456 e. The van der Waals surface area contributed by atoms with E-state index in [1.165, 1.54) is 16.3 Å². The molecule has 0 atom stereocenters. The number of aromatic nitrogens is 4. The third-order valence-corrected chi connectivity index (χ3v) is 11.8. The molecular formula is C54H30N6O. The standard InChI is InChI=1S/C54H30N6O/c55-31-33-14-17-35(18-15-33)46-30-47(38-21-25-53-45(28-38)44-26-34(32-56)16-24-52(44)61-53)58-54(57-46)60-49-13-7-4-10-40(49)42-22-19-37(29-51(42)60)36-20-23-50-43(27-36)41-11-5-6-12-48(41)59(50)39-8-2-1-3-9-39/h1-30H. The maximum Gasteiger partial charge on any atom is 0.235 e. The summed E-state index contributed by atoms with van der Waals surface area (Å²) in [7, 11) is 0. The second kappa shape index (κ2) is 13.4. The van der Waals surface area contributed by atoms with E-state index in [9.17, 15) is 10.5 Å². The molecular weight excluding hydrogens is 749 g/mol. The quantitative estimate of drug-likeness (QED) is 0.173. The first-order valence-electron chi connectivity index (χ1n) is 20.0. The van der Waals surface area contributed by atoms with Gasteiger partial charge in [-0.05, 0) is 108 Å². The second-order valence-electron chi connectivity index (χ2n) is 15.3. The highest BCUT2D eigenvalue weighted by Gasteiger charge is 2.20. The highest BCUT2D eigenvalue weighted by molar-refractivity contribution is 6.12. The average molecular weight is 779 g/mol. The highest BCUT2D eigenvalue weighted by atomic mass is 16.3. The molecule has 0 unspecified atom stereocenters. The second-order valence-corrected chi connectivity index (χ2v) is 15.3. The molecule has 0 aliphatic rings. The summed E-state index contributed by atoms with van der Waals surface area (Å²) < 4.78 is 10.7. The Morgan fingerprint density at radius 3 is 1.69 bits per heavy atom. The van der Waals surface area contributed by atoms with Gasteiger partial charge in [-0.25, -0.2) is 9.97 Å². The van der Waals surface area contributed by atoms with Crippen LogP contribution in [0.1, 0.15) is 11.1 Å². The van der Waals surface area contributed by atoms with Crippen molar-refractivity contribution in [1.29, 1.82) is 10.5 Å². The number of fused-ring (bicyclic) bond motifs is 9. The van der Waals surface area contributed by atoms with Gasteiger partial charge in [-0.3, -0.25) is 4.57 Å². The molecule has 0 amide bonds. The highest BCUT2D eigenvalue weighted by Crippen LogP contribution is 2.39. The van der Waals surface area contributed by atoms with E-state index in [0.29, 0.717) is 17.1 Å². The lowest BCUT2D eigenvalue weighted by molar-refractivity contribution is 0.669. The minimum atomic E-state index is 0.519. The molecule has 8 aromatic carbocycles. The number of nitriles is 2. The molecule has 0 aliphatic heterocycles. The van der Waals surface area contributed by atoms with Crippen LogP contribution < -0.4 is 0 Å². The Bertz CT molecular complexity index is 3840. The number of hydrogen-bond acceptors (Lipinski definition) is 5. The zero-order valence-corrected chi connectivity index (χ0v) is 32.4. The smallest absolute Gasteiger partial charge is 0.235 e. The first-order valence-corrected chi connectivity index (χ1v) is 20.0. The zero-order chi connectivity index (χ0) is 40.6. The number of furan rings is 1. The molecule has 7 heteroatoms. The molecule has 12 aromatic rings. The van der Waals surface area contributed by atoms with E-state index in [1.807, 2.05) is 66.7 Å². The largest absolute Gasteiger partial charge is 0.456 e. The van der Waals surface area contributed by atoms with E-state index in [4.69, 9.17) is 14.4 Å². The van der Waals surface area contributed by atoms with Crippen molar-refractivity contribution in [3.05, 3.63) is 193 Å². The number of nitrogens with zero attached hydrogens (tertiary/aromatic N) is 6. The van der Waals surface area contributed by atoms with Crippen LogP contribution in [0, 0.1) is 22.7 Å². The molecule has 0 saturated carbocycles. The Morgan fingerprint density at radius 2 is 0.918 bits per heavy atom. The van der Waals surface area contributed by atoms with E-state index in [-0.39, 0.29) is 0 Å². The lowest BCUT2D eigenvalue weighted by Gasteiger charge is -2.12. The minimum absolute atomic E-state index is 0.519. The summed E-state index contributed by atoms with van der Waals surface area (Å²) in [5.74, 6) is 0.519. The Hall–Kier alpha value is -8.78. The fraction of sp³-hybridized carbons (Fsp3) is 0. The van der Waals surface area contributed by atoms with Crippen molar-refractivity contribution in [2.45, 2.75) is 0 Å². The van der Waals surface area contributed by atoms with Gasteiger partial charge in [0.1, 0.15) is 11.2 Å². The summed E-state index contributed by atoms with van der Waals surface area (Å²) in [6.07, 6.45) is 0. The monoisotopic (exact) mass is 778 g/mol. The van der Waals surface area contributed by atoms with Crippen molar-refractivity contribution < 1.29 is 4.42 Å². The van der Waals surface area contributed by atoms with Gasteiger partial charge < -0.3 is 8.98 Å². The van der Waals surface area contributed by atoms with Crippen LogP contribution in [0.5, 0.6) is 0 Å². The van der Waals surface area contributed by atoms with Crippen molar-refractivity contribution in [3.63, 3.8) is 0 Å². The molecule has 4 heterocycles. The maximum absolute atomic E-state index is 9.67. The van der Waals surface area contributed by atoms with Crippen LogP contribution in [0.4, 0.5) is 0 Å². The molecule has 0 fully saturated rings. The van der Waals surface area contributed by atoms with Crippen molar-refractivity contribution in [1.82, 2.24) is 19.1 Å². The van der Waals surface area contributed by atoms with Gasteiger partial charge in [-0.15, -0.1) is 0 Å². The van der Waals surface area contributed by atoms with Gasteiger partial charge in [0, 0.05) is 49.1 Å². The Kier molecular flexibility index (Phi) is 7.52. The SMILES string of the molecule is N#Cc1ccc(-c2cc(-c3ccc4oc5ccc(C#N)cc5c4c3)nc(-n3c4ccccc4c4ccc(-c5ccc6c(c5)c5ccccc5n6-c5ccccc5)cc43)n2)cc1. The topological polar surface area (TPSA) is 96.4 Å². The molecule has 7 nitrogen and oxygen atoms in total. The van der Waals surface area contributed by atoms with Gasteiger partial charge in [0.15, 0.2) is 0 Å². The van der Waals surface area contributed by atoms with Crippen molar-refractivity contribution in [2.24, 2.45) is 0 Å². The first kappa shape index (κ1) is 34.3. The number of para-hydroxylation sites is 3. The van der Waals surface area contributed by atoms with E-state index in [0.717, 1.165) is 88.6 Å². The van der Waals surface area contributed by atoms with Crippen LogP contribution in [-0.2, 0) is 0 Å². The average Bonchev–Trinajstić information content (AvgIpc) is 3.98. The van der Waals surface area contributed by atoms with Gasteiger partial charge in [-0.2, -0.15) is 10.5 Å². The van der Waals surface area contributed by atoms with Crippen LogP contribution in [0.3, 0.4) is 0 Å². The van der Waals surface area contributed by atoms with E-state index < -0.39 is 0 Å². The fourth-order valence-corrected chi connectivity index (χ4v) is 8.93. The Balaban J connectivity index is 1.08. The summed E-state index contributed by atoms with van der Waals surface area (Å²) >= 11 is 0.